The summed E-state index contributed by atoms with van der Waals surface area (Å²) in [7, 11) is 0. The number of carbonyl (C=O) groups excluding carboxylic acids is 4. The minimum atomic E-state index is -0.324. The van der Waals surface area contributed by atoms with Gasteiger partial charge in [0.1, 0.15) is 0 Å². The van der Waals surface area contributed by atoms with Gasteiger partial charge in [0.2, 0.25) is 23.6 Å². The molecule has 0 aromatic heterocycles. The standard InChI is InChI=1S/C11H16N4O4.ClH/c1-7(15-5-10(18)13-11(19)6-15)2-14-3-8(16)12-9(17)4-14;/h7H,2-6H2,1H3,(H,12,16,17)(H,13,18,19);1H/p-1. The third-order valence-corrected chi connectivity index (χ3v) is 3.13. The maximum Gasteiger partial charge on any atom is 0.240 e. The molecule has 0 spiro atoms. The Morgan fingerprint density at radius 3 is 1.75 bits per heavy atom. The summed E-state index contributed by atoms with van der Waals surface area (Å²) < 4.78 is 0. The van der Waals surface area contributed by atoms with E-state index in [1.807, 2.05) is 6.92 Å². The highest BCUT2D eigenvalue weighted by Crippen LogP contribution is 2.06. The van der Waals surface area contributed by atoms with Crippen LogP contribution in [0, 0.1) is 0 Å². The van der Waals surface area contributed by atoms with E-state index in [-0.39, 0.29) is 68.3 Å². The first-order valence-electron chi connectivity index (χ1n) is 6.06. The molecule has 9 heteroatoms. The number of halogens is 1. The number of rotatable bonds is 3. The molecule has 8 nitrogen and oxygen atoms in total. The number of carbonyl (C=O) groups is 4. The van der Waals surface area contributed by atoms with Crippen LogP contribution in [0.1, 0.15) is 6.92 Å². The van der Waals surface area contributed by atoms with Crippen molar-refractivity contribution in [2.24, 2.45) is 0 Å². The van der Waals surface area contributed by atoms with E-state index in [0.717, 1.165) is 0 Å². The minimum absolute atomic E-state index is 0. The van der Waals surface area contributed by atoms with Gasteiger partial charge in [-0.2, -0.15) is 0 Å². The van der Waals surface area contributed by atoms with Gasteiger partial charge in [-0.1, -0.05) is 0 Å². The molecule has 2 rings (SSSR count). The Morgan fingerprint density at radius 2 is 1.30 bits per heavy atom. The van der Waals surface area contributed by atoms with Crippen molar-refractivity contribution >= 4 is 23.6 Å². The molecule has 1 atom stereocenters. The zero-order valence-corrected chi connectivity index (χ0v) is 11.8. The van der Waals surface area contributed by atoms with Crippen molar-refractivity contribution in [1.29, 1.82) is 0 Å². The first-order chi connectivity index (χ1) is 8.94. The van der Waals surface area contributed by atoms with Crippen molar-refractivity contribution in [1.82, 2.24) is 20.4 Å². The highest BCUT2D eigenvalue weighted by atomic mass is 35.5. The Hall–Kier alpha value is -1.51. The molecule has 112 valence electrons. The lowest BCUT2D eigenvalue weighted by molar-refractivity contribution is -0.140. The summed E-state index contributed by atoms with van der Waals surface area (Å²) in [5.74, 6) is -1.29. The predicted molar refractivity (Wildman–Crippen MR) is 63.8 cm³/mol. The lowest BCUT2D eigenvalue weighted by atomic mass is 10.2. The van der Waals surface area contributed by atoms with Crippen molar-refractivity contribution < 1.29 is 31.6 Å². The number of nitrogens with zero attached hydrogens (tertiary/aromatic N) is 2. The minimum Gasteiger partial charge on any atom is -1.00 e. The van der Waals surface area contributed by atoms with E-state index in [9.17, 15) is 19.2 Å². The van der Waals surface area contributed by atoms with Gasteiger partial charge >= 0.3 is 0 Å². The molecule has 2 aliphatic heterocycles. The fourth-order valence-corrected chi connectivity index (χ4v) is 2.29. The average molecular weight is 304 g/mol. The zero-order chi connectivity index (χ0) is 14.0. The SMILES string of the molecule is CC(CN1CC(=O)NC(=O)C1)N1CC(=O)NC(=O)C1.[Cl-]. The fourth-order valence-electron chi connectivity index (χ4n) is 2.29. The van der Waals surface area contributed by atoms with Gasteiger partial charge in [0, 0.05) is 12.6 Å². The Balaban J connectivity index is 0.00000200. The molecule has 20 heavy (non-hydrogen) atoms. The average Bonchev–Trinajstić information content (AvgIpc) is 2.25. The Kier molecular flexibility index (Phi) is 5.61. The molecule has 2 heterocycles. The summed E-state index contributed by atoms with van der Waals surface area (Å²) in [6.07, 6.45) is 0. The van der Waals surface area contributed by atoms with Crippen molar-refractivity contribution in [2.75, 3.05) is 32.7 Å². The highest BCUT2D eigenvalue weighted by molar-refractivity contribution is 6.00. The van der Waals surface area contributed by atoms with Gasteiger partial charge in [-0.15, -0.1) is 0 Å². The van der Waals surface area contributed by atoms with Crippen LogP contribution < -0.4 is 23.0 Å². The number of hydrogen-bond donors (Lipinski definition) is 2. The summed E-state index contributed by atoms with van der Waals surface area (Å²) in [5, 5.41) is 4.46. The van der Waals surface area contributed by atoms with E-state index < -0.39 is 0 Å². The number of amides is 4. The summed E-state index contributed by atoms with van der Waals surface area (Å²) in [6, 6.07) is -0.0892. The van der Waals surface area contributed by atoms with Crippen molar-refractivity contribution in [3.05, 3.63) is 0 Å². The van der Waals surface area contributed by atoms with E-state index in [1.54, 1.807) is 9.80 Å². The summed E-state index contributed by atoms with van der Waals surface area (Å²) in [6.45, 7) is 2.94. The number of imide groups is 2. The molecule has 2 fully saturated rings. The Labute approximate surface area is 122 Å². The van der Waals surface area contributed by atoms with Crippen molar-refractivity contribution in [2.45, 2.75) is 13.0 Å². The molecular formula is C11H16ClN4O4-. The first kappa shape index (κ1) is 16.5. The molecule has 2 aliphatic rings. The number of hydrogen-bond acceptors (Lipinski definition) is 6. The van der Waals surface area contributed by atoms with E-state index >= 15 is 0 Å². The normalized spacial score (nSPS) is 22.9. The van der Waals surface area contributed by atoms with Crippen LogP contribution in [0.3, 0.4) is 0 Å². The van der Waals surface area contributed by atoms with Gasteiger partial charge in [-0.05, 0) is 6.92 Å². The van der Waals surface area contributed by atoms with Gasteiger partial charge < -0.3 is 12.4 Å². The van der Waals surface area contributed by atoms with Gasteiger partial charge in [0.25, 0.3) is 0 Å². The molecule has 4 amide bonds. The topological polar surface area (TPSA) is 98.8 Å². The third kappa shape index (κ3) is 4.26. The lowest BCUT2D eigenvalue weighted by Crippen LogP contribution is -3.00. The van der Waals surface area contributed by atoms with Crippen LogP contribution in [-0.4, -0.2) is 72.2 Å². The maximum absolute atomic E-state index is 11.3. The number of nitrogens with one attached hydrogen (secondary N) is 2. The van der Waals surface area contributed by atoms with Gasteiger partial charge in [0.05, 0.1) is 26.2 Å². The van der Waals surface area contributed by atoms with Crippen LogP contribution in [0.5, 0.6) is 0 Å². The quantitative estimate of drug-likeness (QED) is 0.504. The smallest absolute Gasteiger partial charge is 0.240 e. The van der Waals surface area contributed by atoms with Crippen LogP contribution in [-0.2, 0) is 19.2 Å². The molecule has 1 unspecified atom stereocenters. The molecule has 0 saturated carbocycles. The molecule has 0 aromatic carbocycles. The maximum atomic E-state index is 11.3. The van der Waals surface area contributed by atoms with Crippen LogP contribution in [0.15, 0.2) is 0 Å². The van der Waals surface area contributed by atoms with E-state index in [0.29, 0.717) is 6.54 Å². The van der Waals surface area contributed by atoms with Crippen molar-refractivity contribution in [3.8, 4) is 0 Å². The predicted octanol–water partition coefficient (Wildman–Crippen LogP) is -5.70. The van der Waals surface area contributed by atoms with Crippen LogP contribution in [0.25, 0.3) is 0 Å². The second-order valence-corrected chi connectivity index (χ2v) is 4.87. The number of piperazine rings is 2. The van der Waals surface area contributed by atoms with Crippen LogP contribution >= 0.6 is 0 Å². The van der Waals surface area contributed by atoms with Crippen molar-refractivity contribution in [3.63, 3.8) is 0 Å². The van der Waals surface area contributed by atoms with Crippen LogP contribution in [0.2, 0.25) is 0 Å². The second-order valence-electron chi connectivity index (χ2n) is 4.87. The monoisotopic (exact) mass is 303 g/mol. The first-order valence-corrected chi connectivity index (χ1v) is 6.06. The fraction of sp³-hybridized carbons (Fsp3) is 0.636. The molecule has 0 aromatic rings. The van der Waals surface area contributed by atoms with Gasteiger partial charge in [0.15, 0.2) is 0 Å². The largest absolute Gasteiger partial charge is 1.00 e. The van der Waals surface area contributed by atoms with E-state index in [4.69, 9.17) is 0 Å². The molecule has 2 N–H and O–H groups in total. The lowest BCUT2D eigenvalue weighted by Gasteiger charge is -2.35. The molecule has 0 radical (unpaired) electrons. The Bertz CT molecular complexity index is 410. The van der Waals surface area contributed by atoms with E-state index in [2.05, 4.69) is 10.6 Å². The molecular weight excluding hydrogens is 288 g/mol. The van der Waals surface area contributed by atoms with E-state index in [1.165, 1.54) is 0 Å². The van der Waals surface area contributed by atoms with Gasteiger partial charge in [-0.25, -0.2) is 0 Å². The van der Waals surface area contributed by atoms with Gasteiger partial charge in [-0.3, -0.25) is 39.6 Å². The molecule has 2 saturated heterocycles. The third-order valence-electron chi connectivity index (χ3n) is 3.13. The molecule has 0 bridgehead atoms. The summed E-state index contributed by atoms with van der Waals surface area (Å²) >= 11 is 0. The summed E-state index contributed by atoms with van der Waals surface area (Å²) in [5.41, 5.74) is 0. The highest BCUT2D eigenvalue weighted by Gasteiger charge is 2.29. The zero-order valence-electron chi connectivity index (χ0n) is 11.0. The second kappa shape index (κ2) is 6.78. The van der Waals surface area contributed by atoms with Crippen LogP contribution in [0.4, 0.5) is 0 Å². The molecule has 0 aliphatic carbocycles. The Morgan fingerprint density at radius 1 is 0.900 bits per heavy atom. The summed E-state index contributed by atoms with van der Waals surface area (Å²) in [4.78, 5) is 48.5.